The van der Waals surface area contributed by atoms with Crippen molar-refractivity contribution in [2.24, 2.45) is 0 Å². The molecule has 130 valence electrons. The number of nitrogens with zero attached hydrogens (tertiary/aromatic N) is 1. The molecule has 0 bridgehead atoms. The first-order valence-corrected chi connectivity index (χ1v) is 8.51. The second kappa shape index (κ2) is 8.73. The van der Waals surface area contributed by atoms with Crippen molar-refractivity contribution in [2.75, 3.05) is 20.6 Å². The third-order valence-corrected chi connectivity index (χ3v) is 3.81. The lowest BCUT2D eigenvalue weighted by Gasteiger charge is -2.36. The van der Waals surface area contributed by atoms with Crippen molar-refractivity contribution >= 4 is 6.09 Å². The third-order valence-electron chi connectivity index (χ3n) is 3.81. The first-order valence-electron chi connectivity index (χ1n) is 8.51. The zero-order valence-electron chi connectivity index (χ0n) is 15.1. The average Bonchev–Trinajstić information content (AvgIpc) is 2.38. The molecule has 1 unspecified atom stereocenters. The topological polar surface area (TPSA) is 50.8 Å². The lowest BCUT2D eigenvalue weighted by Crippen LogP contribution is -2.49. The summed E-state index contributed by atoms with van der Waals surface area (Å²) in [4.78, 5) is 14.2. The second-order valence-corrected chi connectivity index (χ2v) is 7.50. The molecule has 0 saturated heterocycles. The van der Waals surface area contributed by atoms with Crippen molar-refractivity contribution in [3.8, 4) is 0 Å². The van der Waals surface area contributed by atoms with E-state index in [1.54, 1.807) is 0 Å². The molecular weight excluding hydrogens is 280 g/mol. The summed E-state index contributed by atoms with van der Waals surface area (Å²) in [7, 11) is 3.97. The van der Waals surface area contributed by atoms with Crippen molar-refractivity contribution in [3.63, 3.8) is 0 Å². The molecule has 1 fully saturated rings. The number of alkyl carbamates (subject to hydrolysis) is 1. The molecule has 1 aliphatic rings. The maximum Gasteiger partial charge on any atom is 0.407 e. The van der Waals surface area contributed by atoms with E-state index in [4.69, 9.17) is 9.47 Å². The van der Waals surface area contributed by atoms with Gasteiger partial charge in [0.2, 0.25) is 0 Å². The highest BCUT2D eigenvalue weighted by atomic mass is 16.6. The zero-order chi connectivity index (χ0) is 16.8. The van der Waals surface area contributed by atoms with Gasteiger partial charge in [-0.2, -0.15) is 0 Å². The van der Waals surface area contributed by atoms with Crippen LogP contribution >= 0.6 is 0 Å². The van der Waals surface area contributed by atoms with Crippen molar-refractivity contribution in [1.29, 1.82) is 0 Å². The Balaban J connectivity index is 2.52. The van der Waals surface area contributed by atoms with Gasteiger partial charge in [-0.25, -0.2) is 4.79 Å². The summed E-state index contributed by atoms with van der Waals surface area (Å²) in [6, 6.07) is 0.0531. The van der Waals surface area contributed by atoms with E-state index in [0.29, 0.717) is 0 Å². The van der Waals surface area contributed by atoms with Gasteiger partial charge >= 0.3 is 6.09 Å². The Kier molecular flexibility index (Phi) is 7.63. The van der Waals surface area contributed by atoms with E-state index in [9.17, 15) is 4.79 Å². The van der Waals surface area contributed by atoms with Crippen LogP contribution in [-0.2, 0) is 9.47 Å². The standard InChI is InChI=1S/C17H34N2O3/c1-7-13(12-19(5)6)21-16(20)18-14-10-8-9-11-15(14)22-17(2,3)4/h13-15H,7-12H2,1-6H3,(H,18,20)/t13?,14-,15-/m0/s1. The van der Waals surface area contributed by atoms with E-state index < -0.39 is 0 Å². The summed E-state index contributed by atoms with van der Waals surface area (Å²) in [5, 5.41) is 3.02. The fourth-order valence-corrected chi connectivity index (χ4v) is 2.85. The van der Waals surface area contributed by atoms with Gasteiger partial charge in [-0.15, -0.1) is 0 Å². The molecule has 5 nitrogen and oxygen atoms in total. The van der Waals surface area contributed by atoms with Gasteiger partial charge in [0.1, 0.15) is 6.10 Å². The van der Waals surface area contributed by atoms with Crippen LogP contribution in [0.4, 0.5) is 4.79 Å². The quantitative estimate of drug-likeness (QED) is 0.818. The molecule has 0 aromatic carbocycles. The van der Waals surface area contributed by atoms with Gasteiger partial charge in [-0.1, -0.05) is 19.8 Å². The molecule has 0 aliphatic heterocycles. The number of hydrogen-bond acceptors (Lipinski definition) is 4. The number of carbonyl (C=O) groups is 1. The molecule has 0 heterocycles. The Labute approximate surface area is 135 Å². The summed E-state index contributed by atoms with van der Waals surface area (Å²) in [6.45, 7) is 8.95. The van der Waals surface area contributed by atoms with E-state index in [0.717, 1.165) is 38.6 Å². The van der Waals surface area contributed by atoms with Crippen LogP contribution in [0, 0.1) is 0 Å². The average molecular weight is 314 g/mol. The molecule has 1 N–H and O–H groups in total. The Bertz CT molecular complexity index is 339. The summed E-state index contributed by atoms with van der Waals surface area (Å²) in [6.07, 6.45) is 4.75. The van der Waals surface area contributed by atoms with Crippen LogP contribution in [0.15, 0.2) is 0 Å². The van der Waals surface area contributed by atoms with E-state index in [-0.39, 0.29) is 29.9 Å². The van der Waals surface area contributed by atoms with Gasteiger partial charge in [0.15, 0.2) is 0 Å². The number of likely N-dealkylation sites (N-methyl/N-ethyl adjacent to an activating group) is 1. The Morgan fingerprint density at radius 1 is 1.27 bits per heavy atom. The van der Waals surface area contributed by atoms with Crippen LogP contribution in [0.2, 0.25) is 0 Å². The Morgan fingerprint density at radius 2 is 1.91 bits per heavy atom. The van der Waals surface area contributed by atoms with Crippen LogP contribution in [0.1, 0.15) is 59.8 Å². The van der Waals surface area contributed by atoms with Gasteiger partial charge in [0.25, 0.3) is 0 Å². The summed E-state index contributed by atoms with van der Waals surface area (Å²) < 4.78 is 11.7. The van der Waals surface area contributed by atoms with Crippen LogP contribution in [-0.4, -0.2) is 55.5 Å². The van der Waals surface area contributed by atoms with Gasteiger partial charge in [0, 0.05) is 6.54 Å². The number of amides is 1. The van der Waals surface area contributed by atoms with Crippen molar-refractivity contribution < 1.29 is 14.3 Å². The number of hydrogen-bond donors (Lipinski definition) is 1. The van der Waals surface area contributed by atoms with E-state index in [1.165, 1.54) is 0 Å². The number of nitrogens with one attached hydrogen (secondary N) is 1. The fraction of sp³-hybridized carbons (Fsp3) is 0.941. The highest BCUT2D eigenvalue weighted by Crippen LogP contribution is 2.25. The predicted molar refractivity (Wildman–Crippen MR) is 89.1 cm³/mol. The Hall–Kier alpha value is -0.810. The molecule has 1 rings (SSSR count). The highest BCUT2D eigenvalue weighted by molar-refractivity contribution is 5.68. The van der Waals surface area contributed by atoms with Gasteiger partial charge in [-0.05, 0) is 54.1 Å². The molecule has 0 spiro atoms. The maximum absolute atomic E-state index is 12.2. The van der Waals surface area contributed by atoms with Crippen LogP contribution < -0.4 is 5.32 Å². The molecule has 0 aromatic rings. The maximum atomic E-state index is 12.2. The lowest BCUT2D eigenvalue weighted by molar-refractivity contribution is -0.0867. The van der Waals surface area contributed by atoms with E-state index >= 15 is 0 Å². The number of rotatable bonds is 6. The summed E-state index contributed by atoms with van der Waals surface area (Å²) in [5.74, 6) is 0. The predicted octanol–water partition coefficient (Wildman–Crippen LogP) is 3.18. The molecular formula is C17H34N2O3. The molecule has 1 aliphatic carbocycles. The van der Waals surface area contributed by atoms with Crippen LogP contribution in [0.3, 0.4) is 0 Å². The minimum Gasteiger partial charge on any atom is -0.445 e. The molecule has 5 heteroatoms. The van der Waals surface area contributed by atoms with Crippen LogP contribution in [0.5, 0.6) is 0 Å². The number of ether oxygens (including phenoxy) is 2. The summed E-state index contributed by atoms with van der Waals surface area (Å²) >= 11 is 0. The summed E-state index contributed by atoms with van der Waals surface area (Å²) in [5.41, 5.74) is -0.192. The minimum absolute atomic E-state index is 0.0531. The smallest absolute Gasteiger partial charge is 0.407 e. The molecule has 1 saturated carbocycles. The first-order chi connectivity index (χ1) is 10.2. The highest BCUT2D eigenvalue weighted by Gasteiger charge is 2.31. The molecule has 0 radical (unpaired) electrons. The fourth-order valence-electron chi connectivity index (χ4n) is 2.85. The first kappa shape index (κ1) is 19.2. The third kappa shape index (κ3) is 7.45. The monoisotopic (exact) mass is 314 g/mol. The zero-order valence-corrected chi connectivity index (χ0v) is 15.1. The SMILES string of the molecule is CCC(CN(C)C)OC(=O)N[C@H]1CCCC[C@@H]1OC(C)(C)C. The van der Waals surface area contributed by atoms with Crippen LogP contribution in [0.25, 0.3) is 0 Å². The molecule has 1 amide bonds. The van der Waals surface area contributed by atoms with Gasteiger partial charge in [-0.3, -0.25) is 0 Å². The van der Waals surface area contributed by atoms with Crippen molar-refractivity contribution in [3.05, 3.63) is 0 Å². The van der Waals surface area contributed by atoms with Crippen molar-refractivity contribution in [1.82, 2.24) is 10.2 Å². The molecule has 3 atom stereocenters. The largest absolute Gasteiger partial charge is 0.445 e. The van der Waals surface area contributed by atoms with E-state index in [2.05, 4.69) is 26.1 Å². The second-order valence-electron chi connectivity index (χ2n) is 7.50. The molecule has 0 aromatic heterocycles. The Morgan fingerprint density at radius 3 is 2.45 bits per heavy atom. The lowest BCUT2D eigenvalue weighted by atomic mass is 9.92. The van der Waals surface area contributed by atoms with Gasteiger partial charge in [0.05, 0.1) is 17.7 Å². The van der Waals surface area contributed by atoms with Gasteiger partial charge < -0.3 is 19.7 Å². The molecule has 22 heavy (non-hydrogen) atoms. The number of carbonyl (C=O) groups excluding carboxylic acids is 1. The van der Waals surface area contributed by atoms with Crippen molar-refractivity contribution in [2.45, 2.75) is 83.6 Å². The van der Waals surface area contributed by atoms with E-state index in [1.807, 2.05) is 25.9 Å². The minimum atomic E-state index is -0.317. The normalized spacial score (nSPS) is 24.1.